The van der Waals surface area contributed by atoms with Crippen molar-refractivity contribution in [2.75, 3.05) is 31.7 Å². The summed E-state index contributed by atoms with van der Waals surface area (Å²) in [6.45, 7) is 2.25. The molecule has 2 aliphatic heterocycles. The molecular weight excluding hydrogens is 416 g/mol. The molecule has 1 amide bonds. The number of carbonyl (C=O) groups excluding carboxylic acids is 1. The Kier molecular flexibility index (Phi) is 6.44. The van der Waals surface area contributed by atoms with Gasteiger partial charge in [-0.25, -0.2) is 0 Å². The molecule has 33 heavy (non-hydrogen) atoms. The normalized spacial score (nSPS) is 19.6. The molecule has 1 fully saturated rings. The topological polar surface area (TPSA) is 60.0 Å². The van der Waals surface area contributed by atoms with Gasteiger partial charge >= 0.3 is 0 Å². The smallest absolute Gasteiger partial charge is 0.257 e. The van der Waals surface area contributed by atoms with E-state index >= 15 is 0 Å². The van der Waals surface area contributed by atoms with E-state index in [1.807, 2.05) is 83.8 Å². The highest BCUT2D eigenvalue weighted by molar-refractivity contribution is 6.01. The third-order valence-electron chi connectivity index (χ3n) is 6.01. The van der Waals surface area contributed by atoms with E-state index in [2.05, 4.69) is 5.32 Å². The van der Waals surface area contributed by atoms with Gasteiger partial charge in [-0.15, -0.1) is 0 Å². The fraction of sp³-hybridized carbons (Fsp3) is 0.296. The van der Waals surface area contributed by atoms with Crippen LogP contribution in [0.3, 0.4) is 0 Å². The molecule has 2 aliphatic rings. The average molecular weight is 445 g/mol. The van der Waals surface area contributed by atoms with E-state index in [4.69, 9.17) is 14.2 Å². The van der Waals surface area contributed by atoms with Crippen LogP contribution in [0.1, 0.15) is 34.9 Å². The number of benzene rings is 3. The van der Waals surface area contributed by atoms with Crippen molar-refractivity contribution < 1.29 is 19.0 Å². The number of anilines is 1. The van der Waals surface area contributed by atoms with Crippen molar-refractivity contribution in [3.05, 3.63) is 90.0 Å². The van der Waals surface area contributed by atoms with Gasteiger partial charge in [0.15, 0.2) is 0 Å². The van der Waals surface area contributed by atoms with E-state index in [0.717, 1.165) is 42.2 Å². The van der Waals surface area contributed by atoms with E-state index in [9.17, 15) is 4.79 Å². The Labute approximate surface area is 194 Å². The molecule has 2 heterocycles. The summed E-state index contributed by atoms with van der Waals surface area (Å²) in [6.07, 6.45) is 1.85. The van der Waals surface area contributed by atoms with Crippen LogP contribution in [0.25, 0.3) is 0 Å². The van der Waals surface area contributed by atoms with Crippen molar-refractivity contribution in [2.45, 2.75) is 25.1 Å². The van der Waals surface area contributed by atoms with Gasteiger partial charge in [-0.1, -0.05) is 42.5 Å². The highest BCUT2D eigenvalue weighted by atomic mass is 16.5. The summed E-state index contributed by atoms with van der Waals surface area (Å²) in [6, 6.07) is 25.3. The number of carbonyl (C=O) groups is 1. The Morgan fingerprint density at radius 2 is 1.58 bits per heavy atom. The first-order valence-corrected chi connectivity index (χ1v) is 11.5. The monoisotopic (exact) mass is 444 g/mol. The molecule has 0 radical (unpaired) electrons. The summed E-state index contributed by atoms with van der Waals surface area (Å²) in [5, 5.41) is 3.55. The number of amides is 1. The van der Waals surface area contributed by atoms with Crippen LogP contribution in [-0.2, 0) is 4.74 Å². The second-order valence-electron chi connectivity index (χ2n) is 8.26. The van der Waals surface area contributed by atoms with Crippen molar-refractivity contribution >= 4 is 11.6 Å². The number of ether oxygens (including phenoxy) is 3. The molecule has 0 bridgehead atoms. The van der Waals surface area contributed by atoms with Gasteiger partial charge < -0.3 is 24.4 Å². The van der Waals surface area contributed by atoms with E-state index in [1.165, 1.54) is 0 Å². The summed E-state index contributed by atoms with van der Waals surface area (Å²) in [7, 11) is 0. The van der Waals surface area contributed by atoms with Gasteiger partial charge in [0.1, 0.15) is 30.9 Å². The molecule has 170 valence electrons. The largest absolute Gasteiger partial charge is 0.490 e. The Morgan fingerprint density at radius 3 is 2.30 bits per heavy atom. The quantitative estimate of drug-likeness (QED) is 0.502. The lowest BCUT2D eigenvalue weighted by atomic mass is 10.0. The molecule has 1 N–H and O–H groups in total. The summed E-state index contributed by atoms with van der Waals surface area (Å²) < 4.78 is 17.3. The number of hydrogen-bond donors (Lipinski definition) is 1. The Hall–Kier alpha value is -3.51. The first kappa shape index (κ1) is 21.3. The van der Waals surface area contributed by atoms with Crippen LogP contribution in [0, 0.1) is 0 Å². The van der Waals surface area contributed by atoms with Gasteiger partial charge in [-0.05, 0) is 54.8 Å². The summed E-state index contributed by atoms with van der Waals surface area (Å²) in [5.74, 6) is 1.63. The predicted molar refractivity (Wildman–Crippen MR) is 127 cm³/mol. The van der Waals surface area contributed by atoms with Crippen molar-refractivity contribution in [3.8, 4) is 11.5 Å². The Bertz CT molecular complexity index is 1060. The zero-order valence-corrected chi connectivity index (χ0v) is 18.5. The van der Waals surface area contributed by atoms with Crippen LogP contribution in [0.4, 0.5) is 5.69 Å². The summed E-state index contributed by atoms with van der Waals surface area (Å²) in [4.78, 5) is 15.2. The van der Waals surface area contributed by atoms with Crippen molar-refractivity contribution in [2.24, 2.45) is 0 Å². The molecule has 0 aliphatic carbocycles. The molecule has 0 aromatic heterocycles. The van der Waals surface area contributed by atoms with Gasteiger partial charge in [-0.2, -0.15) is 0 Å². The minimum absolute atomic E-state index is 0.0308. The zero-order valence-electron chi connectivity index (χ0n) is 18.5. The number of hydrogen-bond acceptors (Lipinski definition) is 5. The molecule has 3 aromatic rings. The Balaban J connectivity index is 1.26. The molecular formula is C27H28N2O4. The summed E-state index contributed by atoms with van der Waals surface area (Å²) >= 11 is 0. The fourth-order valence-electron chi connectivity index (χ4n) is 4.33. The van der Waals surface area contributed by atoms with Crippen molar-refractivity contribution in [3.63, 3.8) is 0 Å². The maximum atomic E-state index is 13.3. The molecule has 1 saturated heterocycles. The van der Waals surface area contributed by atoms with Gasteiger partial charge in [0.2, 0.25) is 0 Å². The zero-order chi connectivity index (χ0) is 22.5. The molecule has 0 spiro atoms. The maximum Gasteiger partial charge on any atom is 0.257 e. The van der Waals surface area contributed by atoms with Crippen LogP contribution in [0.5, 0.6) is 11.5 Å². The molecule has 0 saturated carbocycles. The average Bonchev–Trinajstić information content (AvgIpc) is 3.38. The lowest BCUT2D eigenvalue weighted by Gasteiger charge is -2.39. The van der Waals surface area contributed by atoms with Gasteiger partial charge in [0, 0.05) is 18.8 Å². The minimum Gasteiger partial charge on any atom is -0.490 e. The lowest BCUT2D eigenvalue weighted by molar-refractivity contribution is 0.0427. The third kappa shape index (κ3) is 4.96. The molecule has 5 rings (SSSR count). The van der Waals surface area contributed by atoms with Crippen molar-refractivity contribution in [1.29, 1.82) is 0 Å². The maximum absolute atomic E-state index is 13.3. The van der Waals surface area contributed by atoms with Crippen LogP contribution < -0.4 is 14.8 Å². The predicted octanol–water partition coefficient (Wildman–Crippen LogP) is 4.89. The number of rotatable bonds is 8. The van der Waals surface area contributed by atoms with Crippen LogP contribution in [0.2, 0.25) is 0 Å². The molecule has 6 nitrogen and oxygen atoms in total. The SMILES string of the molecule is O=C1c2ccccc2NC(c2ccc(OCCOc3ccccc3)cc2)N1CC1CCCO1. The Morgan fingerprint density at radius 1 is 0.879 bits per heavy atom. The van der Waals surface area contributed by atoms with Gasteiger partial charge in [0.25, 0.3) is 5.91 Å². The number of nitrogens with one attached hydrogen (secondary N) is 1. The number of fused-ring (bicyclic) bond motifs is 1. The van der Waals surface area contributed by atoms with E-state index < -0.39 is 0 Å². The molecule has 3 aromatic carbocycles. The first-order chi connectivity index (χ1) is 16.3. The number of nitrogens with zero attached hydrogens (tertiary/aromatic N) is 1. The first-order valence-electron chi connectivity index (χ1n) is 11.5. The fourth-order valence-corrected chi connectivity index (χ4v) is 4.33. The molecule has 6 heteroatoms. The molecule has 2 unspecified atom stereocenters. The van der Waals surface area contributed by atoms with Crippen molar-refractivity contribution in [1.82, 2.24) is 4.90 Å². The number of para-hydroxylation sites is 2. The van der Waals surface area contributed by atoms with E-state index in [-0.39, 0.29) is 18.2 Å². The standard InChI is InChI=1S/C27H28N2O4/c30-27-24-10-4-5-11-25(24)28-26(29(27)19-23-9-6-16-31-23)20-12-14-22(15-13-20)33-18-17-32-21-7-2-1-3-8-21/h1-5,7-8,10-15,23,26,28H,6,9,16-19H2. The van der Waals surface area contributed by atoms with Crippen LogP contribution >= 0.6 is 0 Å². The second-order valence-corrected chi connectivity index (χ2v) is 8.26. The summed E-state index contributed by atoms with van der Waals surface area (Å²) in [5.41, 5.74) is 2.56. The van der Waals surface area contributed by atoms with Crippen LogP contribution in [0.15, 0.2) is 78.9 Å². The minimum atomic E-state index is -0.257. The lowest BCUT2D eigenvalue weighted by Crippen LogP contribution is -2.46. The third-order valence-corrected chi connectivity index (χ3v) is 6.01. The van der Waals surface area contributed by atoms with Gasteiger partial charge in [-0.3, -0.25) is 4.79 Å². The highest BCUT2D eigenvalue weighted by Gasteiger charge is 2.35. The van der Waals surface area contributed by atoms with Crippen LogP contribution in [-0.4, -0.2) is 43.3 Å². The molecule has 2 atom stereocenters. The van der Waals surface area contributed by atoms with Gasteiger partial charge in [0.05, 0.1) is 11.7 Å². The highest BCUT2D eigenvalue weighted by Crippen LogP contribution is 2.34. The van der Waals surface area contributed by atoms with E-state index in [0.29, 0.717) is 25.3 Å². The second kappa shape index (κ2) is 9.96. The van der Waals surface area contributed by atoms with E-state index in [1.54, 1.807) is 0 Å².